The third-order valence-corrected chi connectivity index (χ3v) is 7.88. The first-order valence-corrected chi connectivity index (χ1v) is 13.0. The van der Waals surface area contributed by atoms with Crippen molar-refractivity contribution in [3.8, 4) is 5.75 Å². The summed E-state index contributed by atoms with van der Waals surface area (Å²) < 4.78 is 11.0. The summed E-state index contributed by atoms with van der Waals surface area (Å²) in [6, 6.07) is 13.7. The average molecular weight is 506 g/mol. The summed E-state index contributed by atoms with van der Waals surface area (Å²) in [5, 5.41) is 7.46. The maximum atomic E-state index is 12.5. The number of amides is 2. The highest BCUT2D eigenvalue weighted by Crippen LogP contribution is 2.36. The van der Waals surface area contributed by atoms with Crippen molar-refractivity contribution in [3.63, 3.8) is 0 Å². The van der Waals surface area contributed by atoms with E-state index in [1.54, 1.807) is 12.0 Å². The molecular weight excluding hydrogens is 478 g/mol. The maximum Gasteiger partial charge on any atom is 0.414 e. The Labute approximate surface area is 213 Å². The number of carbonyl (C=O) groups is 2. The van der Waals surface area contributed by atoms with E-state index >= 15 is 0 Å². The number of nitrogens with one attached hydrogen (secondary N) is 2. The van der Waals surface area contributed by atoms with Crippen molar-refractivity contribution in [2.45, 2.75) is 11.0 Å². The van der Waals surface area contributed by atoms with E-state index in [-0.39, 0.29) is 18.1 Å². The zero-order chi connectivity index (χ0) is 24.6. The van der Waals surface area contributed by atoms with Crippen LogP contribution in [0.1, 0.15) is 0 Å². The SMILES string of the molecule is COc1ccc2nccc(N3CC(CNC[C@@H]4CN(c5ccc6c(c5)NC(=O)CS6)C(=O)O4)C3)c2c1. The Hall–Kier alpha value is -3.50. The van der Waals surface area contributed by atoms with Gasteiger partial charge in [-0.15, -0.1) is 11.8 Å². The zero-order valence-corrected chi connectivity index (χ0v) is 20.7. The molecule has 3 aliphatic heterocycles. The Kier molecular flexibility index (Phi) is 6.06. The number of thioether (sulfide) groups is 1. The molecule has 3 aromatic rings. The largest absolute Gasteiger partial charge is 0.497 e. The first-order valence-electron chi connectivity index (χ1n) is 12.0. The zero-order valence-electron chi connectivity index (χ0n) is 19.9. The van der Waals surface area contributed by atoms with Gasteiger partial charge in [-0.2, -0.15) is 0 Å². The topological polar surface area (TPSA) is 96.0 Å². The number of aromatic nitrogens is 1. The number of rotatable bonds is 7. The molecule has 1 atom stereocenters. The van der Waals surface area contributed by atoms with Crippen LogP contribution in [0.2, 0.25) is 0 Å². The molecule has 0 saturated carbocycles. The minimum Gasteiger partial charge on any atom is -0.497 e. The number of carbonyl (C=O) groups excluding carboxylic acids is 2. The molecule has 36 heavy (non-hydrogen) atoms. The van der Waals surface area contributed by atoms with Gasteiger partial charge >= 0.3 is 6.09 Å². The summed E-state index contributed by atoms with van der Waals surface area (Å²) in [6.45, 7) is 3.86. The molecule has 9 nitrogen and oxygen atoms in total. The highest BCUT2D eigenvalue weighted by Gasteiger charge is 2.34. The molecule has 2 fully saturated rings. The molecule has 10 heteroatoms. The van der Waals surface area contributed by atoms with Gasteiger partial charge in [-0.3, -0.25) is 14.7 Å². The number of anilines is 3. The Morgan fingerprint density at radius 1 is 1.14 bits per heavy atom. The maximum absolute atomic E-state index is 12.5. The van der Waals surface area contributed by atoms with Crippen molar-refractivity contribution >= 4 is 51.7 Å². The van der Waals surface area contributed by atoms with Crippen molar-refractivity contribution in [3.05, 3.63) is 48.7 Å². The molecule has 2 N–H and O–H groups in total. The number of fused-ring (bicyclic) bond motifs is 2. The predicted octanol–water partition coefficient (Wildman–Crippen LogP) is 3.34. The Bertz CT molecular complexity index is 1330. The molecule has 186 valence electrons. The molecule has 3 aliphatic rings. The van der Waals surface area contributed by atoms with Crippen LogP contribution in [0.15, 0.2) is 53.6 Å². The number of ether oxygens (including phenoxy) is 2. The van der Waals surface area contributed by atoms with Crippen molar-refractivity contribution in [2.24, 2.45) is 5.92 Å². The normalized spacial score (nSPS) is 19.6. The van der Waals surface area contributed by atoms with Crippen molar-refractivity contribution in [2.75, 3.05) is 60.7 Å². The van der Waals surface area contributed by atoms with Crippen molar-refractivity contribution in [1.29, 1.82) is 0 Å². The lowest BCUT2D eigenvalue weighted by molar-refractivity contribution is -0.113. The lowest BCUT2D eigenvalue weighted by Crippen LogP contribution is -2.51. The van der Waals surface area contributed by atoms with E-state index in [9.17, 15) is 9.59 Å². The van der Waals surface area contributed by atoms with Crippen LogP contribution in [0.4, 0.5) is 21.9 Å². The van der Waals surface area contributed by atoms with Crippen LogP contribution in [0.5, 0.6) is 5.75 Å². The molecule has 0 unspecified atom stereocenters. The van der Waals surface area contributed by atoms with Crippen LogP contribution in [0.3, 0.4) is 0 Å². The van der Waals surface area contributed by atoms with Gasteiger partial charge in [0.15, 0.2) is 0 Å². The molecule has 0 bridgehead atoms. The van der Waals surface area contributed by atoms with Crippen LogP contribution in [-0.4, -0.2) is 68.7 Å². The highest BCUT2D eigenvalue weighted by atomic mass is 32.2. The van der Waals surface area contributed by atoms with Gasteiger partial charge in [0.1, 0.15) is 11.9 Å². The summed E-state index contributed by atoms with van der Waals surface area (Å²) in [4.78, 5) is 33.7. The summed E-state index contributed by atoms with van der Waals surface area (Å²) >= 11 is 1.50. The Morgan fingerprint density at radius 2 is 2.03 bits per heavy atom. The third-order valence-electron chi connectivity index (χ3n) is 6.81. The predicted molar refractivity (Wildman–Crippen MR) is 140 cm³/mol. The highest BCUT2D eigenvalue weighted by molar-refractivity contribution is 8.00. The van der Waals surface area contributed by atoms with Gasteiger partial charge in [-0.25, -0.2) is 4.79 Å². The molecule has 0 spiro atoms. The van der Waals surface area contributed by atoms with Crippen LogP contribution < -0.4 is 25.2 Å². The number of hydrogen-bond acceptors (Lipinski definition) is 8. The molecule has 2 aromatic carbocycles. The standard InChI is InChI=1S/C26H27N5O4S/c1-34-18-3-4-21-20(9-18)23(6-7-28-21)30-12-16(13-30)10-27-11-19-14-31(26(33)35-19)17-2-5-24-22(8-17)29-25(32)15-36-24/h2-9,16,19,27H,10-15H2,1H3,(H,29,32)/t19-/m1/s1. The van der Waals surface area contributed by atoms with E-state index < -0.39 is 0 Å². The van der Waals surface area contributed by atoms with E-state index in [4.69, 9.17) is 9.47 Å². The summed E-state index contributed by atoms with van der Waals surface area (Å²) in [6.07, 6.45) is 1.28. The number of hydrogen-bond donors (Lipinski definition) is 2. The lowest BCUT2D eigenvalue weighted by atomic mass is 9.98. The summed E-state index contributed by atoms with van der Waals surface area (Å²) in [5.74, 6) is 1.74. The van der Waals surface area contributed by atoms with Gasteiger partial charge in [0.25, 0.3) is 0 Å². The molecular formula is C26H27N5O4S. The van der Waals surface area contributed by atoms with E-state index in [1.807, 2.05) is 42.6 Å². The smallest absolute Gasteiger partial charge is 0.414 e. The first-order chi connectivity index (χ1) is 17.6. The van der Waals surface area contributed by atoms with Crippen molar-refractivity contribution < 1.29 is 19.1 Å². The number of cyclic esters (lactones) is 1. The molecule has 0 radical (unpaired) electrons. The molecule has 2 amide bonds. The van der Waals surface area contributed by atoms with Crippen LogP contribution in [0, 0.1) is 5.92 Å². The first kappa shape index (κ1) is 22.9. The number of pyridine rings is 1. The number of methoxy groups -OCH3 is 1. The minimum absolute atomic E-state index is 0.0258. The summed E-state index contributed by atoms with van der Waals surface area (Å²) in [7, 11) is 1.68. The fourth-order valence-corrected chi connectivity index (χ4v) is 5.72. The fraction of sp³-hybridized carbons (Fsp3) is 0.346. The molecule has 1 aromatic heterocycles. The molecule has 2 saturated heterocycles. The van der Waals surface area contributed by atoms with Gasteiger partial charge in [0.2, 0.25) is 5.91 Å². The quantitative estimate of drug-likeness (QED) is 0.505. The third kappa shape index (κ3) is 4.42. The monoisotopic (exact) mass is 505 g/mol. The second-order valence-corrected chi connectivity index (χ2v) is 10.3. The van der Waals surface area contributed by atoms with Gasteiger partial charge in [-0.05, 0) is 42.5 Å². The molecule has 4 heterocycles. The van der Waals surface area contributed by atoms with Gasteiger partial charge in [-0.1, -0.05) is 0 Å². The molecule has 6 rings (SSSR count). The van der Waals surface area contributed by atoms with Gasteiger partial charge in [0.05, 0.1) is 30.6 Å². The van der Waals surface area contributed by atoms with Crippen LogP contribution >= 0.6 is 11.8 Å². The van der Waals surface area contributed by atoms with E-state index in [2.05, 4.69) is 26.6 Å². The number of nitrogens with zero attached hydrogens (tertiary/aromatic N) is 3. The average Bonchev–Trinajstić information content (AvgIpc) is 3.24. The van der Waals surface area contributed by atoms with Gasteiger partial charge < -0.3 is 25.0 Å². The second kappa shape index (κ2) is 9.51. The van der Waals surface area contributed by atoms with E-state index in [0.29, 0.717) is 24.8 Å². The summed E-state index contributed by atoms with van der Waals surface area (Å²) in [5.41, 5.74) is 3.62. The van der Waals surface area contributed by atoms with E-state index in [0.717, 1.165) is 52.6 Å². The minimum atomic E-state index is -0.355. The lowest BCUT2D eigenvalue weighted by Gasteiger charge is -2.41. The van der Waals surface area contributed by atoms with Crippen molar-refractivity contribution in [1.82, 2.24) is 10.3 Å². The van der Waals surface area contributed by atoms with Crippen LogP contribution in [-0.2, 0) is 9.53 Å². The van der Waals surface area contributed by atoms with Crippen LogP contribution in [0.25, 0.3) is 10.9 Å². The second-order valence-electron chi connectivity index (χ2n) is 9.28. The Morgan fingerprint density at radius 3 is 2.89 bits per heavy atom. The Balaban J connectivity index is 1.00. The fourth-order valence-electron chi connectivity index (χ4n) is 4.94. The number of benzene rings is 2. The van der Waals surface area contributed by atoms with Gasteiger partial charge in [0, 0.05) is 60.0 Å². The van der Waals surface area contributed by atoms with E-state index in [1.165, 1.54) is 17.4 Å². The molecule has 0 aliphatic carbocycles.